The summed E-state index contributed by atoms with van der Waals surface area (Å²) in [6.45, 7) is 0. The average molecular weight is 401 g/mol. The molecular weight excluding hydrogens is 386 g/mol. The maximum absolute atomic E-state index is 12.4. The number of carbonyl (C=O) groups excluding carboxylic acids is 3. The van der Waals surface area contributed by atoms with Crippen molar-refractivity contribution in [2.45, 2.75) is 0 Å². The Morgan fingerprint density at radius 3 is 2.27 bits per heavy atom. The molecule has 0 aliphatic carbocycles. The summed E-state index contributed by atoms with van der Waals surface area (Å²) in [4.78, 5) is 40.8. The van der Waals surface area contributed by atoms with Crippen molar-refractivity contribution >= 4 is 24.0 Å². The first-order chi connectivity index (χ1) is 14.6. The molecule has 0 bridgehead atoms. The van der Waals surface area contributed by atoms with Gasteiger partial charge in [0.1, 0.15) is 0 Å². The largest absolute Gasteiger partial charge is 0.493 e. The van der Waals surface area contributed by atoms with Gasteiger partial charge in [-0.1, -0.05) is 12.1 Å². The van der Waals surface area contributed by atoms with Crippen LogP contribution in [0.2, 0.25) is 0 Å². The van der Waals surface area contributed by atoms with Crippen molar-refractivity contribution in [3.8, 4) is 11.5 Å². The van der Waals surface area contributed by atoms with Crippen molar-refractivity contribution in [1.29, 1.82) is 0 Å². The Hall–Kier alpha value is -4.33. The monoisotopic (exact) mass is 401 g/mol. The second kappa shape index (κ2) is 7.96. The van der Waals surface area contributed by atoms with Crippen molar-refractivity contribution in [1.82, 2.24) is 9.99 Å². The molecule has 148 valence electrons. The second-order valence-corrected chi connectivity index (χ2v) is 6.25. The fraction of sp³-hybridized carbons (Fsp3) is 0.0455. The van der Waals surface area contributed by atoms with Gasteiger partial charge in [-0.05, 0) is 48.0 Å². The number of nitrogens with zero attached hydrogens (tertiary/aromatic N) is 3. The lowest BCUT2D eigenvalue weighted by molar-refractivity contribution is 0.0658. The number of carbonyl (C=O) groups is 3. The van der Waals surface area contributed by atoms with Crippen LogP contribution in [0.1, 0.15) is 36.6 Å². The van der Waals surface area contributed by atoms with Crippen LogP contribution in [0.5, 0.6) is 11.5 Å². The van der Waals surface area contributed by atoms with Gasteiger partial charge in [-0.3, -0.25) is 14.6 Å². The molecule has 0 saturated heterocycles. The Morgan fingerprint density at radius 1 is 0.967 bits per heavy atom. The smallest absolute Gasteiger partial charge is 0.343 e. The highest BCUT2D eigenvalue weighted by molar-refractivity contribution is 6.21. The van der Waals surface area contributed by atoms with Crippen molar-refractivity contribution < 1.29 is 23.9 Å². The number of imide groups is 1. The van der Waals surface area contributed by atoms with Crippen LogP contribution in [0.25, 0.3) is 0 Å². The summed E-state index contributed by atoms with van der Waals surface area (Å²) < 4.78 is 10.7. The number of hydrazone groups is 1. The number of benzene rings is 2. The summed E-state index contributed by atoms with van der Waals surface area (Å²) in [6, 6.07) is 14.4. The summed E-state index contributed by atoms with van der Waals surface area (Å²) in [7, 11) is 1.43. The number of pyridine rings is 1. The molecule has 1 aliphatic heterocycles. The lowest BCUT2D eigenvalue weighted by Gasteiger charge is -2.10. The van der Waals surface area contributed by atoms with Gasteiger partial charge in [-0.2, -0.15) is 10.1 Å². The summed E-state index contributed by atoms with van der Waals surface area (Å²) in [5, 5.41) is 4.84. The van der Waals surface area contributed by atoms with Gasteiger partial charge in [-0.15, -0.1) is 0 Å². The maximum atomic E-state index is 12.4. The van der Waals surface area contributed by atoms with Crippen molar-refractivity contribution in [3.63, 3.8) is 0 Å². The third-order valence-corrected chi connectivity index (χ3v) is 4.40. The average Bonchev–Trinajstić information content (AvgIpc) is 3.03. The lowest BCUT2D eigenvalue weighted by Crippen LogP contribution is -2.24. The predicted molar refractivity (Wildman–Crippen MR) is 107 cm³/mol. The van der Waals surface area contributed by atoms with E-state index in [-0.39, 0.29) is 5.75 Å². The molecule has 2 heterocycles. The van der Waals surface area contributed by atoms with Crippen LogP contribution >= 0.6 is 0 Å². The van der Waals surface area contributed by atoms with Gasteiger partial charge in [0.2, 0.25) is 0 Å². The number of rotatable bonds is 5. The summed E-state index contributed by atoms with van der Waals surface area (Å²) >= 11 is 0. The highest BCUT2D eigenvalue weighted by Gasteiger charge is 2.35. The number of fused-ring (bicyclic) bond motifs is 1. The van der Waals surface area contributed by atoms with Gasteiger partial charge in [0.15, 0.2) is 11.5 Å². The van der Waals surface area contributed by atoms with Crippen LogP contribution in [0.15, 0.2) is 72.1 Å². The Bertz CT molecular complexity index is 1140. The SMILES string of the molecule is COc1cc(/C=N\N2C(=O)c3ccccc3C2=O)ccc1OC(=O)c1ccncc1. The lowest BCUT2D eigenvalue weighted by atomic mass is 10.1. The molecule has 4 rings (SSSR count). The van der Waals surface area contributed by atoms with Gasteiger partial charge >= 0.3 is 5.97 Å². The molecule has 0 N–H and O–H groups in total. The van der Waals surface area contributed by atoms with Crippen LogP contribution in [-0.4, -0.2) is 41.1 Å². The van der Waals surface area contributed by atoms with E-state index in [0.29, 0.717) is 28.0 Å². The first kappa shape index (κ1) is 19.0. The van der Waals surface area contributed by atoms with Gasteiger partial charge in [0.05, 0.1) is 30.0 Å². The van der Waals surface area contributed by atoms with Crippen LogP contribution in [0, 0.1) is 0 Å². The van der Waals surface area contributed by atoms with Gasteiger partial charge < -0.3 is 9.47 Å². The molecule has 2 aromatic carbocycles. The highest BCUT2D eigenvalue weighted by atomic mass is 16.6. The molecule has 1 aliphatic rings. The Balaban J connectivity index is 1.53. The first-order valence-corrected chi connectivity index (χ1v) is 8.90. The van der Waals surface area contributed by atoms with E-state index in [1.165, 1.54) is 37.9 Å². The molecule has 30 heavy (non-hydrogen) atoms. The van der Waals surface area contributed by atoms with Crippen LogP contribution in [0.4, 0.5) is 0 Å². The fourth-order valence-electron chi connectivity index (χ4n) is 2.90. The van der Waals surface area contributed by atoms with Crippen molar-refractivity contribution in [2.75, 3.05) is 7.11 Å². The van der Waals surface area contributed by atoms with Gasteiger partial charge in [-0.25, -0.2) is 4.79 Å². The molecular formula is C22H15N3O5. The number of ether oxygens (including phenoxy) is 2. The third kappa shape index (κ3) is 3.53. The summed E-state index contributed by atoms with van der Waals surface area (Å²) in [5.74, 6) is -1.01. The molecule has 8 heteroatoms. The minimum absolute atomic E-state index is 0.220. The molecule has 0 atom stereocenters. The van der Waals surface area contributed by atoms with Crippen molar-refractivity contribution in [3.05, 3.63) is 89.2 Å². The first-order valence-electron chi connectivity index (χ1n) is 8.90. The zero-order valence-electron chi connectivity index (χ0n) is 15.8. The quantitative estimate of drug-likeness (QED) is 0.282. The van der Waals surface area contributed by atoms with E-state index in [0.717, 1.165) is 5.01 Å². The van der Waals surface area contributed by atoms with Gasteiger partial charge in [0.25, 0.3) is 11.8 Å². The fourth-order valence-corrected chi connectivity index (χ4v) is 2.90. The van der Waals surface area contributed by atoms with E-state index in [1.807, 2.05) is 0 Å². The molecule has 0 fully saturated rings. The van der Waals surface area contributed by atoms with E-state index in [4.69, 9.17) is 9.47 Å². The number of hydrogen-bond donors (Lipinski definition) is 0. The number of methoxy groups -OCH3 is 1. The third-order valence-electron chi connectivity index (χ3n) is 4.40. The zero-order chi connectivity index (χ0) is 21.1. The van der Waals surface area contributed by atoms with E-state index in [9.17, 15) is 14.4 Å². The molecule has 0 unspecified atom stereocenters. The summed E-state index contributed by atoms with van der Waals surface area (Å²) in [5.41, 5.74) is 1.53. The molecule has 0 radical (unpaired) electrons. The molecule has 1 aromatic heterocycles. The number of hydrogen-bond acceptors (Lipinski definition) is 7. The predicted octanol–water partition coefficient (Wildman–Crippen LogP) is 2.94. The zero-order valence-corrected chi connectivity index (χ0v) is 15.8. The molecule has 0 saturated carbocycles. The number of amides is 2. The van der Waals surface area contributed by atoms with E-state index < -0.39 is 17.8 Å². The Morgan fingerprint density at radius 2 is 1.63 bits per heavy atom. The second-order valence-electron chi connectivity index (χ2n) is 6.25. The maximum Gasteiger partial charge on any atom is 0.343 e. The van der Waals surface area contributed by atoms with Crippen LogP contribution < -0.4 is 9.47 Å². The van der Waals surface area contributed by atoms with Crippen molar-refractivity contribution in [2.24, 2.45) is 5.10 Å². The standard InChI is InChI=1S/C22H15N3O5/c1-29-19-12-14(6-7-18(19)30-22(28)15-8-10-23-11-9-15)13-24-25-20(26)16-4-2-3-5-17(16)21(25)27/h2-13H,1H3/b24-13-. The Kier molecular flexibility index (Phi) is 5.04. The molecule has 2 amide bonds. The van der Waals surface area contributed by atoms with E-state index in [2.05, 4.69) is 10.1 Å². The normalized spacial score (nSPS) is 12.9. The van der Waals surface area contributed by atoms with Crippen LogP contribution in [0.3, 0.4) is 0 Å². The number of esters is 1. The van der Waals surface area contributed by atoms with E-state index in [1.54, 1.807) is 42.5 Å². The van der Waals surface area contributed by atoms with E-state index >= 15 is 0 Å². The molecule has 8 nitrogen and oxygen atoms in total. The van der Waals surface area contributed by atoms with Crippen LogP contribution in [-0.2, 0) is 0 Å². The number of aromatic nitrogens is 1. The Labute approximate surface area is 171 Å². The minimum atomic E-state index is -0.553. The molecule has 0 spiro atoms. The summed E-state index contributed by atoms with van der Waals surface area (Å²) in [6.07, 6.45) is 4.35. The van der Waals surface area contributed by atoms with Gasteiger partial charge in [0, 0.05) is 12.4 Å². The topological polar surface area (TPSA) is 98.2 Å². The highest BCUT2D eigenvalue weighted by Crippen LogP contribution is 2.29. The minimum Gasteiger partial charge on any atom is -0.493 e. The molecule has 3 aromatic rings.